The summed E-state index contributed by atoms with van der Waals surface area (Å²) in [5.41, 5.74) is 7.02. The Kier molecular flexibility index (Phi) is 5.53. The third-order valence-corrected chi connectivity index (χ3v) is 4.34. The second-order valence-corrected chi connectivity index (χ2v) is 6.67. The maximum absolute atomic E-state index is 12.3. The van der Waals surface area contributed by atoms with Crippen LogP contribution in [0.2, 0.25) is 0 Å². The zero-order chi connectivity index (χ0) is 15.2. The molecule has 2 N–H and O–H groups in total. The molecule has 0 bridgehead atoms. The van der Waals surface area contributed by atoms with E-state index in [-0.39, 0.29) is 5.91 Å². The molecule has 0 saturated heterocycles. The van der Waals surface area contributed by atoms with Crippen LogP contribution >= 0.6 is 11.3 Å². The molecule has 3 nitrogen and oxygen atoms in total. The first-order valence-electron chi connectivity index (χ1n) is 7.20. The average Bonchev–Trinajstić information content (AvgIpc) is 2.89. The van der Waals surface area contributed by atoms with Crippen molar-refractivity contribution in [2.24, 2.45) is 5.73 Å². The van der Waals surface area contributed by atoms with Crippen LogP contribution in [0.4, 0.5) is 0 Å². The fraction of sp³-hybridized carbons (Fsp3) is 0.353. The highest BCUT2D eigenvalue weighted by molar-refractivity contribution is 7.11. The fourth-order valence-electron chi connectivity index (χ4n) is 2.22. The van der Waals surface area contributed by atoms with Gasteiger partial charge in [0.15, 0.2) is 0 Å². The summed E-state index contributed by atoms with van der Waals surface area (Å²) in [6.45, 7) is 5.17. The fourth-order valence-corrected chi connectivity index (χ4v) is 3.13. The zero-order valence-electron chi connectivity index (χ0n) is 12.6. The minimum absolute atomic E-state index is 0.0111. The molecule has 0 aliphatic heterocycles. The summed E-state index contributed by atoms with van der Waals surface area (Å²) >= 11 is 1.73. The molecule has 0 aliphatic rings. The van der Waals surface area contributed by atoms with E-state index >= 15 is 0 Å². The Hall–Kier alpha value is -1.65. The van der Waals surface area contributed by atoms with Crippen LogP contribution in [0.5, 0.6) is 0 Å². The Morgan fingerprint density at radius 2 is 1.95 bits per heavy atom. The van der Waals surface area contributed by atoms with Crippen LogP contribution in [0.15, 0.2) is 42.5 Å². The first-order valence-corrected chi connectivity index (χ1v) is 8.01. The maximum Gasteiger partial charge on any atom is 0.239 e. The molecule has 2 rings (SSSR count). The van der Waals surface area contributed by atoms with Gasteiger partial charge in [-0.2, -0.15) is 0 Å². The van der Waals surface area contributed by atoms with Gasteiger partial charge >= 0.3 is 0 Å². The Balaban J connectivity index is 2.03. The van der Waals surface area contributed by atoms with E-state index < -0.39 is 6.04 Å². The smallest absolute Gasteiger partial charge is 0.239 e. The lowest BCUT2D eigenvalue weighted by molar-refractivity contribution is -0.132. The van der Waals surface area contributed by atoms with Gasteiger partial charge in [-0.25, -0.2) is 0 Å². The summed E-state index contributed by atoms with van der Waals surface area (Å²) in [5.74, 6) is 0.0111. The lowest BCUT2D eigenvalue weighted by Gasteiger charge is -2.24. The van der Waals surface area contributed by atoms with Crippen molar-refractivity contribution in [3.05, 3.63) is 57.8 Å². The summed E-state index contributed by atoms with van der Waals surface area (Å²) in [5, 5.41) is 0. The summed E-state index contributed by atoms with van der Waals surface area (Å²) in [6.07, 6.45) is 0.851. The molecule has 0 aliphatic carbocycles. The number of nitrogens with two attached hydrogens (primary N) is 1. The van der Waals surface area contributed by atoms with Crippen molar-refractivity contribution in [2.75, 3.05) is 6.54 Å². The highest BCUT2D eigenvalue weighted by atomic mass is 32.1. The van der Waals surface area contributed by atoms with Crippen LogP contribution in [-0.2, 0) is 17.8 Å². The number of nitrogens with zero attached hydrogens (tertiary/aromatic N) is 1. The molecule has 0 radical (unpaired) electrons. The van der Waals surface area contributed by atoms with Crippen molar-refractivity contribution in [3.8, 4) is 0 Å². The molecule has 21 heavy (non-hydrogen) atoms. The van der Waals surface area contributed by atoms with E-state index in [0.717, 1.165) is 6.42 Å². The lowest BCUT2D eigenvalue weighted by Crippen LogP contribution is -2.42. The number of rotatable bonds is 6. The number of amides is 1. The number of hydrogen-bond donors (Lipinski definition) is 1. The molecule has 2 aromatic rings. The average molecular weight is 302 g/mol. The van der Waals surface area contributed by atoms with Gasteiger partial charge in [-0.05, 0) is 38.0 Å². The van der Waals surface area contributed by atoms with E-state index in [1.807, 2.05) is 23.1 Å². The van der Waals surface area contributed by atoms with Crippen LogP contribution in [-0.4, -0.2) is 23.4 Å². The number of aryl methyl sites for hydroxylation is 1. The molecule has 1 aromatic carbocycles. The van der Waals surface area contributed by atoms with E-state index in [0.29, 0.717) is 13.1 Å². The zero-order valence-corrected chi connectivity index (χ0v) is 13.4. The summed E-state index contributed by atoms with van der Waals surface area (Å²) in [7, 11) is 0. The Morgan fingerprint density at radius 1 is 1.24 bits per heavy atom. The molecule has 4 heteroatoms. The van der Waals surface area contributed by atoms with E-state index in [9.17, 15) is 4.79 Å². The number of carbonyl (C=O) groups excluding carboxylic acids is 1. The van der Waals surface area contributed by atoms with E-state index in [4.69, 9.17) is 5.73 Å². The standard InChI is InChI=1S/C17H22N2OS/c1-13-8-9-16(21-13)12-19(17(20)14(2)18)11-10-15-6-4-3-5-7-15/h3-9,14H,10-12,18H2,1-2H3/t14-/m0/s1. The molecule has 112 valence electrons. The third kappa shape index (κ3) is 4.69. The minimum atomic E-state index is -0.457. The molecule has 0 saturated carbocycles. The Labute approximate surface area is 130 Å². The minimum Gasteiger partial charge on any atom is -0.336 e. The Morgan fingerprint density at radius 3 is 2.52 bits per heavy atom. The molecule has 0 spiro atoms. The molecule has 0 unspecified atom stereocenters. The molecule has 1 aromatic heterocycles. The number of benzene rings is 1. The molecular formula is C17H22N2OS. The SMILES string of the molecule is Cc1ccc(CN(CCc2ccccc2)C(=O)[C@H](C)N)s1. The topological polar surface area (TPSA) is 46.3 Å². The van der Waals surface area contributed by atoms with Crippen molar-refractivity contribution in [2.45, 2.75) is 32.9 Å². The van der Waals surface area contributed by atoms with Gasteiger partial charge in [-0.3, -0.25) is 4.79 Å². The van der Waals surface area contributed by atoms with Crippen LogP contribution < -0.4 is 5.73 Å². The van der Waals surface area contributed by atoms with Gasteiger partial charge in [-0.15, -0.1) is 11.3 Å². The molecule has 1 amide bonds. The highest BCUT2D eigenvalue weighted by Crippen LogP contribution is 2.18. The van der Waals surface area contributed by atoms with Crippen LogP contribution in [0.3, 0.4) is 0 Å². The first kappa shape index (κ1) is 15.7. The van der Waals surface area contributed by atoms with Gasteiger partial charge in [0.1, 0.15) is 0 Å². The van der Waals surface area contributed by atoms with Gasteiger partial charge in [0, 0.05) is 16.3 Å². The van der Waals surface area contributed by atoms with Gasteiger partial charge < -0.3 is 10.6 Å². The molecule has 1 heterocycles. The summed E-state index contributed by atoms with van der Waals surface area (Å²) in [6, 6.07) is 13.9. The summed E-state index contributed by atoms with van der Waals surface area (Å²) in [4.78, 5) is 16.6. The molecule has 0 fully saturated rings. The first-order chi connectivity index (χ1) is 10.1. The van der Waals surface area contributed by atoms with Crippen molar-refractivity contribution in [1.29, 1.82) is 0 Å². The second-order valence-electron chi connectivity index (χ2n) is 5.30. The predicted octanol–water partition coefficient (Wildman–Crippen LogP) is 2.98. The van der Waals surface area contributed by atoms with Crippen LogP contribution in [0.25, 0.3) is 0 Å². The van der Waals surface area contributed by atoms with E-state index in [1.165, 1.54) is 15.3 Å². The maximum atomic E-state index is 12.3. The monoisotopic (exact) mass is 302 g/mol. The predicted molar refractivity (Wildman–Crippen MR) is 88.3 cm³/mol. The third-order valence-electron chi connectivity index (χ3n) is 3.36. The van der Waals surface area contributed by atoms with Crippen LogP contribution in [0, 0.1) is 6.92 Å². The van der Waals surface area contributed by atoms with Crippen molar-refractivity contribution in [3.63, 3.8) is 0 Å². The van der Waals surface area contributed by atoms with Crippen molar-refractivity contribution >= 4 is 17.2 Å². The van der Waals surface area contributed by atoms with E-state index in [2.05, 4.69) is 31.2 Å². The van der Waals surface area contributed by atoms with Gasteiger partial charge in [-0.1, -0.05) is 30.3 Å². The molecular weight excluding hydrogens is 280 g/mol. The number of thiophene rings is 1. The molecule has 1 atom stereocenters. The second kappa shape index (κ2) is 7.38. The van der Waals surface area contributed by atoms with Crippen LogP contribution in [0.1, 0.15) is 22.2 Å². The number of hydrogen-bond acceptors (Lipinski definition) is 3. The highest BCUT2D eigenvalue weighted by Gasteiger charge is 2.18. The van der Waals surface area contributed by atoms with Gasteiger partial charge in [0.25, 0.3) is 0 Å². The van der Waals surface area contributed by atoms with Crippen molar-refractivity contribution in [1.82, 2.24) is 4.90 Å². The Bertz CT molecular complexity index is 577. The largest absolute Gasteiger partial charge is 0.336 e. The van der Waals surface area contributed by atoms with Gasteiger partial charge in [0.05, 0.1) is 12.6 Å². The normalized spacial score (nSPS) is 12.1. The van der Waals surface area contributed by atoms with Gasteiger partial charge in [0.2, 0.25) is 5.91 Å². The lowest BCUT2D eigenvalue weighted by atomic mass is 10.1. The van der Waals surface area contributed by atoms with E-state index in [1.54, 1.807) is 18.3 Å². The summed E-state index contributed by atoms with van der Waals surface area (Å²) < 4.78 is 0. The quantitative estimate of drug-likeness (QED) is 0.891. The van der Waals surface area contributed by atoms with Crippen molar-refractivity contribution < 1.29 is 4.79 Å². The number of carbonyl (C=O) groups is 1.